The first-order chi connectivity index (χ1) is 17.3. The van der Waals surface area contributed by atoms with E-state index in [1.54, 1.807) is 14.2 Å². The van der Waals surface area contributed by atoms with Gasteiger partial charge < -0.3 is 9.47 Å². The molecule has 0 spiro atoms. The summed E-state index contributed by atoms with van der Waals surface area (Å²) < 4.78 is 11.4. The Kier molecular flexibility index (Phi) is 8.03. The zero-order chi connectivity index (χ0) is 26.0. The van der Waals surface area contributed by atoms with Gasteiger partial charge in [0.15, 0.2) is 0 Å². The Hall–Kier alpha value is -2.87. The molecule has 0 N–H and O–H groups in total. The zero-order valence-electron chi connectivity index (χ0n) is 22.8. The topological polar surface area (TPSA) is 21.7 Å². The number of hydrogen-bond donors (Lipinski definition) is 0. The quantitative estimate of drug-likeness (QED) is 0.329. The highest BCUT2D eigenvalue weighted by atomic mass is 31.1. The lowest BCUT2D eigenvalue weighted by Gasteiger charge is -2.35. The Morgan fingerprint density at radius 1 is 0.750 bits per heavy atom. The van der Waals surface area contributed by atoms with Crippen molar-refractivity contribution in [2.75, 3.05) is 28.3 Å². The normalized spacial score (nSPS) is 15.9. The van der Waals surface area contributed by atoms with E-state index in [0.717, 1.165) is 11.5 Å². The molecular formula is C32H38NO2P. The highest BCUT2D eigenvalue weighted by Gasteiger charge is 2.34. The van der Waals surface area contributed by atoms with Crippen molar-refractivity contribution in [3.63, 3.8) is 0 Å². The van der Waals surface area contributed by atoms with E-state index < -0.39 is 7.92 Å². The summed E-state index contributed by atoms with van der Waals surface area (Å²) in [6.45, 7) is 8.62. The largest absolute Gasteiger partial charge is 0.496 e. The van der Waals surface area contributed by atoms with Crippen LogP contribution in [0.4, 0.5) is 0 Å². The Morgan fingerprint density at radius 2 is 1.22 bits per heavy atom. The van der Waals surface area contributed by atoms with Crippen LogP contribution < -0.4 is 20.1 Å². The van der Waals surface area contributed by atoms with Gasteiger partial charge in [-0.2, -0.15) is 0 Å². The summed E-state index contributed by atoms with van der Waals surface area (Å²) in [5.74, 6) is 1.95. The van der Waals surface area contributed by atoms with E-state index in [9.17, 15) is 0 Å². The highest BCUT2D eigenvalue weighted by molar-refractivity contribution is 7.74. The van der Waals surface area contributed by atoms with Gasteiger partial charge in [-0.15, -0.1) is 0 Å². The van der Waals surface area contributed by atoms with Crippen LogP contribution >= 0.6 is 7.92 Å². The van der Waals surface area contributed by atoms with Crippen molar-refractivity contribution in [3.05, 3.63) is 106 Å². The van der Waals surface area contributed by atoms with Gasteiger partial charge in [-0.25, -0.2) is 0 Å². The lowest BCUT2D eigenvalue weighted by Crippen LogP contribution is -2.29. The van der Waals surface area contributed by atoms with Crippen LogP contribution in [0.3, 0.4) is 0 Å². The molecule has 0 fully saturated rings. The van der Waals surface area contributed by atoms with E-state index in [1.807, 2.05) is 0 Å². The summed E-state index contributed by atoms with van der Waals surface area (Å²) >= 11 is 0. The van der Waals surface area contributed by atoms with Crippen LogP contribution in [0.1, 0.15) is 33.9 Å². The van der Waals surface area contributed by atoms with E-state index in [2.05, 4.69) is 120 Å². The van der Waals surface area contributed by atoms with Crippen LogP contribution in [0.15, 0.2) is 78.4 Å². The molecule has 4 rings (SSSR count). The Labute approximate surface area is 218 Å². The van der Waals surface area contributed by atoms with Crippen molar-refractivity contribution < 1.29 is 9.47 Å². The smallest absolute Gasteiger partial charge is 0.124 e. The molecule has 0 saturated carbocycles. The van der Waals surface area contributed by atoms with Crippen LogP contribution in [-0.4, -0.2) is 38.9 Å². The molecule has 36 heavy (non-hydrogen) atoms. The molecule has 0 saturated heterocycles. The number of benzene rings is 3. The maximum atomic E-state index is 5.72. The SMILES string of the molecule is COc1c(C)cc(P(c2cc(C)c(OC)c(C)c2)C2C=CC=C2C(c2ccccc2)N(C)C)cc1C. The number of rotatable bonds is 8. The van der Waals surface area contributed by atoms with Gasteiger partial charge in [0, 0.05) is 5.66 Å². The predicted octanol–water partition coefficient (Wildman–Crippen LogP) is 6.54. The first-order valence-electron chi connectivity index (χ1n) is 12.5. The first-order valence-corrected chi connectivity index (χ1v) is 13.9. The Balaban J connectivity index is 1.91. The zero-order valence-corrected chi connectivity index (χ0v) is 23.7. The number of hydrogen-bond acceptors (Lipinski definition) is 3. The molecule has 2 unspecified atom stereocenters. The summed E-state index contributed by atoms with van der Waals surface area (Å²) in [4.78, 5) is 2.34. The van der Waals surface area contributed by atoms with Crippen molar-refractivity contribution in [1.29, 1.82) is 0 Å². The number of aryl methyl sites for hydroxylation is 4. The average Bonchev–Trinajstić information content (AvgIpc) is 3.28. The lowest BCUT2D eigenvalue weighted by molar-refractivity contribution is 0.335. The van der Waals surface area contributed by atoms with Gasteiger partial charge >= 0.3 is 0 Å². The van der Waals surface area contributed by atoms with Crippen LogP contribution in [-0.2, 0) is 0 Å². The number of nitrogens with zero attached hydrogens (tertiary/aromatic N) is 1. The minimum atomic E-state index is -0.731. The maximum Gasteiger partial charge on any atom is 0.124 e. The molecule has 2 atom stereocenters. The summed E-state index contributed by atoms with van der Waals surface area (Å²) in [5, 5.41) is 2.75. The van der Waals surface area contributed by atoms with E-state index in [0.29, 0.717) is 0 Å². The Bertz CT molecular complexity index is 1190. The highest BCUT2D eigenvalue weighted by Crippen LogP contribution is 2.51. The van der Waals surface area contributed by atoms with Gasteiger partial charge in [0.05, 0.1) is 20.3 Å². The van der Waals surface area contributed by atoms with Crippen LogP contribution in [0, 0.1) is 27.7 Å². The molecule has 0 aromatic heterocycles. The fraction of sp³-hybridized carbons (Fsp3) is 0.312. The second-order valence-corrected chi connectivity index (χ2v) is 12.2. The molecule has 0 aliphatic heterocycles. The van der Waals surface area contributed by atoms with Gasteiger partial charge in [-0.1, -0.05) is 48.6 Å². The number of ether oxygens (including phenoxy) is 2. The standard InChI is InChI=1S/C32H38NO2P/c1-21-17-26(18-22(2)31(21)34-7)36(27-19-23(3)32(35-8)24(4)20-27)29-16-12-15-28(29)30(33(5)6)25-13-10-9-11-14-25/h9-20,29-30H,1-8H3. The Morgan fingerprint density at radius 3 is 1.64 bits per heavy atom. The molecule has 0 amide bonds. The molecule has 3 nitrogen and oxygen atoms in total. The molecule has 4 heteroatoms. The molecule has 1 aliphatic carbocycles. The van der Waals surface area contributed by atoms with E-state index >= 15 is 0 Å². The number of likely N-dealkylation sites (N-methyl/N-ethyl adjacent to an activating group) is 1. The van der Waals surface area contributed by atoms with Crippen molar-refractivity contribution in [2.24, 2.45) is 0 Å². The molecule has 0 bridgehead atoms. The van der Waals surface area contributed by atoms with Gasteiger partial charge in [0.1, 0.15) is 11.5 Å². The fourth-order valence-electron chi connectivity index (χ4n) is 5.64. The van der Waals surface area contributed by atoms with E-state index in [4.69, 9.17) is 9.47 Å². The molecular weight excluding hydrogens is 461 g/mol. The van der Waals surface area contributed by atoms with Gasteiger partial charge in [0.25, 0.3) is 0 Å². The second-order valence-electron chi connectivity index (χ2n) is 9.87. The molecule has 0 heterocycles. The summed E-state index contributed by atoms with van der Waals surface area (Å²) in [7, 11) is 7.15. The number of methoxy groups -OCH3 is 2. The third kappa shape index (κ3) is 5.01. The van der Waals surface area contributed by atoms with Crippen molar-refractivity contribution in [1.82, 2.24) is 4.90 Å². The molecule has 188 valence electrons. The van der Waals surface area contributed by atoms with Crippen LogP contribution in [0.25, 0.3) is 0 Å². The molecule has 3 aromatic rings. The third-order valence-corrected chi connectivity index (χ3v) is 9.66. The van der Waals surface area contributed by atoms with Crippen molar-refractivity contribution >= 4 is 18.5 Å². The van der Waals surface area contributed by atoms with Gasteiger partial charge in [-0.3, -0.25) is 4.90 Å². The van der Waals surface area contributed by atoms with Crippen LogP contribution in [0.5, 0.6) is 11.5 Å². The van der Waals surface area contributed by atoms with Crippen molar-refractivity contribution in [3.8, 4) is 11.5 Å². The van der Waals surface area contributed by atoms with Crippen molar-refractivity contribution in [2.45, 2.75) is 39.4 Å². The minimum absolute atomic E-state index is 0.206. The monoisotopic (exact) mass is 499 g/mol. The fourth-order valence-corrected chi connectivity index (χ4v) is 8.71. The molecule has 1 aliphatic rings. The van der Waals surface area contributed by atoms with Gasteiger partial charge in [0.2, 0.25) is 0 Å². The summed E-state index contributed by atoms with van der Waals surface area (Å²) in [6, 6.07) is 20.4. The molecule has 3 aromatic carbocycles. The predicted molar refractivity (Wildman–Crippen MR) is 155 cm³/mol. The molecule has 0 radical (unpaired) electrons. The van der Waals surface area contributed by atoms with E-state index in [-0.39, 0.29) is 11.7 Å². The third-order valence-electron chi connectivity index (χ3n) is 7.00. The minimum Gasteiger partial charge on any atom is -0.496 e. The maximum absolute atomic E-state index is 5.72. The van der Waals surface area contributed by atoms with Crippen LogP contribution in [0.2, 0.25) is 0 Å². The number of allylic oxidation sites excluding steroid dienone is 3. The second kappa shape index (κ2) is 11.0. The first kappa shape index (κ1) is 26.2. The summed E-state index contributed by atoms with van der Waals surface area (Å²) in [5.41, 5.74) is 7.77. The average molecular weight is 500 g/mol. The lowest BCUT2D eigenvalue weighted by atomic mass is 9.97. The van der Waals surface area contributed by atoms with Gasteiger partial charge in [-0.05, 0) is 118 Å². The summed E-state index contributed by atoms with van der Waals surface area (Å²) in [6.07, 6.45) is 7.00. The van der Waals surface area contributed by atoms with E-state index in [1.165, 1.54) is 44.0 Å².